The first-order valence-electron chi connectivity index (χ1n) is 13.7. The number of carbonyl (C=O) groups excluding carboxylic acids is 3. The van der Waals surface area contributed by atoms with E-state index < -0.39 is 18.1 Å². The molecule has 224 valence electrons. The van der Waals surface area contributed by atoms with Crippen LogP contribution in [0.15, 0.2) is 48.1 Å². The van der Waals surface area contributed by atoms with Crippen LogP contribution in [-0.2, 0) is 19.2 Å². The summed E-state index contributed by atoms with van der Waals surface area (Å²) in [6.07, 6.45) is 3.44. The number of nitrogens with one attached hydrogen (secondary N) is 2. The summed E-state index contributed by atoms with van der Waals surface area (Å²) in [5, 5.41) is 15.5. The largest absolute Gasteiger partial charge is 0.486 e. The molecule has 3 N–H and O–H groups in total. The van der Waals surface area contributed by atoms with Gasteiger partial charge in [0.1, 0.15) is 30.0 Å². The van der Waals surface area contributed by atoms with E-state index in [1.54, 1.807) is 11.8 Å². The quantitative estimate of drug-likeness (QED) is 0.350. The summed E-state index contributed by atoms with van der Waals surface area (Å²) < 4.78 is 12.0. The standard InChI is InChI=1S/C23H31N3O4S.C6H9NO3/c1-14(2)20(22(28)26-11-7-8-15(26)3)24-21(27)16-13-31-23(25(16)4)19-12-29-17-9-5-6-10-18(17)30-19;1-2-7-5(4-8)3-6(9)10/h5-6,9-10,13-15,19-20,23H,7-8,11-12H2,1-4H3,(H,24,27);2,4-5,7H,1,3H2,(H,9,10)/t;5-/m.0/s1. The number of carboxylic acid groups (broad SMARTS) is 1. The molecule has 4 unspecified atom stereocenters. The van der Waals surface area contributed by atoms with E-state index in [-0.39, 0.29) is 41.7 Å². The van der Waals surface area contributed by atoms with Crippen LogP contribution in [0, 0.1) is 5.92 Å². The second kappa shape index (κ2) is 14.8. The molecule has 3 aliphatic heterocycles. The third-order valence-corrected chi connectivity index (χ3v) is 8.37. The van der Waals surface area contributed by atoms with E-state index in [0.717, 1.165) is 30.9 Å². The minimum Gasteiger partial charge on any atom is -0.486 e. The van der Waals surface area contributed by atoms with Crippen LogP contribution >= 0.6 is 11.8 Å². The van der Waals surface area contributed by atoms with E-state index in [2.05, 4.69) is 24.1 Å². The van der Waals surface area contributed by atoms with Gasteiger partial charge in [0, 0.05) is 25.0 Å². The van der Waals surface area contributed by atoms with Gasteiger partial charge < -0.3 is 39.8 Å². The summed E-state index contributed by atoms with van der Waals surface area (Å²) >= 11 is 1.54. The lowest BCUT2D eigenvalue weighted by Crippen LogP contribution is -2.53. The highest BCUT2D eigenvalue weighted by molar-refractivity contribution is 8.03. The Labute approximate surface area is 245 Å². The molecule has 0 aromatic heterocycles. The van der Waals surface area contributed by atoms with Gasteiger partial charge in [-0.2, -0.15) is 0 Å². The highest BCUT2D eigenvalue weighted by Crippen LogP contribution is 2.38. The Hall–Kier alpha value is -3.67. The van der Waals surface area contributed by atoms with E-state index in [4.69, 9.17) is 14.6 Å². The summed E-state index contributed by atoms with van der Waals surface area (Å²) in [5.74, 6) is 0.242. The molecule has 0 spiro atoms. The molecule has 3 aliphatic rings. The number of ether oxygens (including phenoxy) is 2. The molecule has 11 nitrogen and oxygen atoms in total. The molecular weight excluding hydrogens is 548 g/mol. The number of hydrogen-bond acceptors (Lipinski definition) is 9. The van der Waals surface area contributed by atoms with Crippen molar-refractivity contribution in [2.75, 3.05) is 20.2 Å². The number of para-hydroxylation sites is 2. The van der Waals surface area contributed by atoms with E-state index in [0.29, 0.717) is 18.6 Å². The average molecular weight is 589 g/mol. The number of carboxylic acids is 1. The zero-order valence-electron chi connectivity index (χ0n) is 23.9. The van der Waals surface area contributed by atoms with Gasteiger partial charge in [0.2, 0.25) is 5.91 Å². The smallest absolute Gasteiger partial charge is 0.305 e. The summed E-state index contributed by atoms with van der Waals surface area (Å²) in [6.45, 7) is 10.5. The van der Waals surface area contributed by atoms with Crippen LogP contribution in [-0.4, -0.2) is 88.8 Å². The first kappa shape index (κ1) is 31.9. The average Bonchev–Trinajstić information content (AvgIpc) is 3.55. The number of nitrogens with zero attached hydrogens (tertiary/aromatic N) is 2. The van der Waals surface area contributed by atoms with Gasteiger partial charge in [-0.1, -0.05) is 32.6 Å². The highest BCUT2D eigenvalue weighted by atomic mass is 32.2. The number of thioether (sulfide) groups is 1. The third kappa shape index (κ3) is 8.18. The number of fused-ring (bicyclic) bond motifs is 1. The SMILES string of the molecule is C=CN[C@H](C=O)CC(=O)O.CC(C)C(NC(=O)C1=CSC(C2COc3ccccc3O2)N1C)C(=O)N1CCCC1C. The minimum atomic E-state index is -1.01. The molecule has 0 aliphatic carbocycles. The Morgan fingerprint density at radius 3 is 2.54 bits per heavy atom. The van der Waals surface area contributed by atoms with Gasteiger partial charge in [0.15, 0.2) is 17.6 Å². The van der Waals surface area contributed by atoms with Crippen molar-refractivity contribution >= 4 is 35.8 Å². The van der Waals surface area contributed by atoms with E-state index in [9.17, 15) is 19.2 Å². The predicted molar refractivity (Wildman–Crippen MR) is 156 cm³/mol. The maximum Gasteiger partial charge on any atom is 0.305 e. The molecular formula is C29H40N4O7S. The molecule has 2 amide bonds. The van der Waals surface area contributed by atoms with Crippen molar-refractivity contribution in [3.8, 4) is 11.5 Å². The zero-order chi connectivity index (χ0) is 30.1. The molecule has 1 aromatic rings. The minimum absolute atomic E-state index is 0.00610. The Kier molecular flexibility index (Phi) is 11.5. The summed E-state index contributed by atoms with van der Waals surface area (Å²) in [4.78, 5) is 50.1. The van der Waals surface area contributed by atoms with E-state index >= 15 is 0 Å². The molecule has 12 heteroatoms. The summed E-state index contributed by atoms with van der Waals surface area (Å²) in [7, 11) is 1.88. The number of aldehydes is 1. The van der Waals surface area contributed by atoms with Crippen molar-refractivity contribution in [2.24, 2.45) is 5.92 Å². The summed E-state index contributed by atoms with van der Waals surface area (Å²) in [5.41, 5.74) is 0.547. The maximum atomic E-state index is 13.1. The fraction of sp³-hybridized carbons (Fsp3) is 0.517. The van der Waals surface area contributed by atoms with Crippen LogP contribution in [0.5, 0.6) is 11.5 Å². The number of hydrogen-bond donors (Lipinski definition) is 3. The van der Waals surface area contributed by atoms with Crippen LogP contribution in [0.3, 0.4) is 0 Å². The summed E-state index contributed by atoms with van der Waals surface area (Å²) in [6, 6.07) is 6.64. The monoisotopic (exact) mass is 588 g/mol. The van der Waals surface area contributed by atoms with Crippen LogP contribution in [0.25, 0.3) is 0 Å². The first-order valence-corrected chi connectivity index (χ1v) is 14.6. The predicted octanol–water partition coefficient (Wildman–Crippen LogP) is 2.59. The Morgan fingerprint density at radius 1 is 1.24 bits per heavy atom. The van der Waals surface area contributed by atoms with Crippen molar-refractivity contribution in [3.63, 3.8) is 0 Å². The molecule has 41 heavy (non-hydrogen) atoms. The molecule has 0 saturated carbocycles. The zero-order valence-corrected chi connectivity index (χ0v) is 24.8. The molecule has 5 atom stereocenters. The van der Waals surface area contributed by atoms with Gasteiger partial charge in [-0.15, -0.1) is 11.8 Å². The van der Waals surface area contributed by atoms with Gasteiger partial charge in [0.05, 0.1) is 12.5 Å². The molecule has 0 bridgehead atoms. The fourth-order valence-electron chi connectivity index (χ4n) is 4.83. The first-order chi connectivity index (χ1) is 19.6. The van der Waals surface area contributed by atoms with Gasteiger partial charge in [-0.25, -0.2) is 0 Å². The Balaban J connectivity index is 0.000000397. The third-order valence-electron chi connectivity index (χ3n) is 7.11. The number of likely N-dealkylation sites (N-methyl/N-ethyl adjacent to an activating group) is 1. The second-order valence-electron chi connectivity index (χ2n) is 10.5. The Morgan fingerprint density at radius 2 is 1.95 bits per heavy atom. The molecule has 4 rings (SSSR count). The number of carbonyl (C=O) groups is 4. The molecule has 1 saturated heterocycles. The van der Waals surface area contributed by atoms with Crippen LogP contribution in [0.1, 0.15) is 40.0 Å². The fourth-order valence-corrected chi connectivity index (χ4v) is 5.97. The van der Waals surface area contributed by atoms with Crippen molar-refractivity contribution in [1.82, 2.24) is 20.4 Å². The van der Waals surface area contributed by atoms with Crippen LogP contribution < -0.4 is 20.1 Å². The van der Waals surface area contributed by atoms with Crippen molar-refractivity contribution in [3.05, 3.63) is 48.1 Å². The van der Waals surface area contributed by atoms with Crippen molar-refractivity contribution in [1.29, 1.82) is 0 Å². The number of benzene rings is 1. The molecule has 3 heterocycles. The van der Waals surface area contributed by atoms with Crippen LogP contribution in [0.2, 0.25) is 0 Å². The van der Waals surface area contributed by atoms with Gasteiger partial charge >= 0.3 is 5.97 Å². The molecule has 1 aromatic carbocycles. The lowest BCUT2D eigenvalue weighted by atomic mass is 10.0. The number of rotatable bonds is 10. The number of aliphatic carboxylic acids is 1. The lowest BCUT2D eigenvalue weighted by molar-refractivity contribution is -0.138. The second-order valence-corrected chi connectivity index (χ2v) is 11.5. The van der Waals surface area contributed by atoms with Gasteiger partial charge in [0.25, 0.3) is 5.91 Å². The van der Waals surface area contributed by atoms with Gasteiger partial charge in [-0.05, 0) is 44.0 Å². The number of likely N-dealkylation sites (tertiary alicyclic amines) is 1. The molecule has 1 fully saturated rings. The normalized spacial score (nSPS) is 22.6. The van der Waals surface area contributed by atoms with Gasteiger partial charge in [-0.3, -0.25) is 14.4 Å². The maximum absolute atomic E-state index is 13.1. The topological polar surface area (TPSA) is 138 Å². The van der Waals surface area contributed by atoms with Crippen molar-refractivity contribution < 1.29 is 33.8 Å². The lowest BCUT2D eigenvalue weighted by Gasteiger charge is -2.35. The van der Waals surface area contributed by atoms with Crippen molar-refractivity contribution in [2.45, 2.75) is 69.6 Å². The van der Waals surface area contributed by atoms with E-state index in [1.807, 2.05) is 60.4 Å². The number of amides is 2. The van der Waals surface area contributed by atoms with Crippen LogP contribution in [0.4, 0.5) is 0 Å². The van der Waals surface area contributed by atoms with E-state index in [1.165, 1.54) is 6.20 Å². The highest BCUT2D eigenvalue weighted by Gasteiger charge is 2.39. The molecule has 0 radical (unpaired) electrons. The Bertz CT molecular complexity index is 1140.